The molecule has 1 aliphatic heterocycles. The Morgan fingerprint density at radius 1 is 1.21 bits per heavy atom. The van der Waals surface area contributed by atoms with Crippen molar-refractivity contribution in [3.8, 4) is 5.75 Å². The Bertz CT molecular complexity index is 1020. The Hall–Kier alpha value is -3.63. The molecule has 2 aromatic rings. The molecular formula is C22H24N4O7. The highest BCUT2D eigenvalue weighted by atomic mass is 16.5. The summed E-state index contributed by atoms with van der Waals surface area (Å²) in [5.74, 6) is -1.21. The van der Waals surface area contributed by atoms with E-state index in [4.69, 9.17) is 19.7 Å². The van der Waals surface area contributed by atoms with Gasteiger partial charge in [-0.1, -0.05) is 29.4 Å². The Kier molecular flexibility index (Phi) is 8.22. The molecule has 3 rings (SSSR count). The van der Waals surface area contributed by atoms with Crippen molar-refractivity contribution >= 4 is 11.9 Å². The molecule has 4 atom stereocenters. The first kappa shape index (κ1) is 24.0. The molecule has 0 bridgehead atoms. The predicted octanol–water partition coefficient (Wildman–Crippen LogP) is 2.15. The van der Waals surface area contributed by atoms with Crippen molar-refractivity contribution in [1.82, 2.24) is 5.32 Å². The monoisotopic (exact) mass is 456 g/mol. The van der Waals surface area contributed by atoms with E-state index in [-0.39, 0.29) is 30.9 Å². The number of carbonyl (C=O) groups is 2. The fourth-order valence-corrected chi connectivity index (χ4v) is 3.49. The largest absolute Gasteiger partial charge is 0.497 e. The molecule has 11 heteroatoms. The second kappa shape index (κ2) is 11.3. The minimum absolute atomic E-state index is 0.0509. The number of aromatic carboxylic acids is 1. The van der Waals surface area contributed by atoms with Crippen LogP contribution in [0.5, 0.6) is 5.75 Å². The van der Waals surface area contributed by atoms with Gasteiger partial charge in [0, 0.05) is 4.91 Å². The standard InChI is InChI=1S/C22H24N4O7/c1-31-14-8-6-13(7-9-14)10-32-12-18-19(25-26-23)20(27)17(11-33-18)24-21(28)15-4-2-3-5-16(15)22(29)30/h2-9,17-20,27H,10-12H2,1H3,(H,24,28)(H,29,30)/t17?,18?,19-,20+/m0/s1. The molecule has 1 fully saturated rings. The van der Waals surface area contributed by atoms with Crippen molar-refractivity contribution in [2.24, 2.45) is 5.11 Å². The lowest BCUT2D eigenvalue weighted by atomic mass is 9.95. The number of ether oxygens (including phenoxy) is 3. The summed E-state index contributed by atoms with van der Waals surface area (Å²) in [7, 11) is 1.58. The van der Waals surface area contributed by atoms with Crippen LogP contribution >= 0.6 is 0 Å². The highest BCUT2D eigenvalue weighted by Crippen LogP contribution is 2.21. The van der Waals surface area contributed by atoms with Crippen molar-refractivity contribution < 1.29 is 34.0 Å². The van der Waals surface area contributed by atoms with E-state index in [0.29, 0.717) is 0 Å². The smallest absolute Gasteiger partial charge is 0.336 e. The second-order valence-corrected chi connectivity index (χ2v) is 7.35. The van der Waals surface area contributed by atoms with Gasteiger partial charge >= 0.3 is 5.97 Å². The molecule has 11 nitrogen and oxygen atoms in total. The highest BCUT2D eigenvalue weighted by molar-refractivity contribution is 6.04. The van der Waals surface area contributed by atoms with Crippen LogP contribution in [0.2, 0.25) is 0 Å². The zero-order valence-corrected chi connectivity index (χ0v) is 17.8. The van der Waals surface area contributed by atoms with Gasteiger partial charge in [-0.25, -0.2) is 4.79 Å². The van der Waals surface area contributed by atoms with Crippen LogP contribution in [0, 0.1) is 0 Å². The van der Waals surface area contributed by atoms with Crippen molar-refractivity contribution in [2.45, 2.75) is 30.9 Å². The molecule has 174 valence electrons. The molecule has 0 spiro atoms. The van der Waals surface area contributed by atoms with Crippen molar-refractivity contribution in [2.75, 3.05) is 20.3 Å². The summed E-state index contributed by atoms with van der Waals surface area (Å²) in [6.45, 7) is 0.251. The number of nitrogens with zero attached hydrogens (tertiary/aromatic N) is 3. The van der Waals surface area contributed by atoms with E-state index >= 15 is 0 Å². The van der Waals surface area contributed by atoms with Gasteiger partial charge in [-0.2, -0.15) is 0 Å². The van der Waals surface area contributed by atoms with Crippen LogP contribution < -0.4 is 10.1 Å². The molecule has 33 heavy (non-hydrogen) atoms. The number of carbonyl (C=O) groups excluding carboxylic acids is 1. The number of methoxy groups -OCH3 is 1. The summed E-state index contributed by atoms with van der Waals surface area (Å²) in [6, 6.07) is 11.1. The average molecular weight is 456 g/mol. The number of benzene rings is 2. The number of aliphatic hydroxyl groups excluding tert-OH is 1. The number of nitrogens with one attached hydrogen (secondary N) is 1. The first-order valence-electron chi connectivity index (χ1n) is 10.1. The SMILES string of the molecule is COc1ccc(COCC2OCC(NC(=O)c3ccccc3C(=O)O)[C@@H](O)[C@H]2N=[N+]=[N-])cc1. The number of hydrogen-bond acceptors (Lipinski definition) is 7. The van der Waals surface area contributed by atoms with Crippen LogP contribution in [0.3, 0.4) is 0 Å². The van der Waals surface area contributed by atoms with Crippen LogP contribution in [-0.2, 0) is 16.1 Å². The quantitative estimate of drug-likeness (QED) is 0.296. The third-order valence-electron chi connectivity index (χ3n) is 5.25. The normalized spacial score (nSPS) is 22.1. The topological polar surface area (TPSA) is 163 Å². The third kappa shape index (κ3) is 5.99. The van der Waals surface area contributed by atoms with Crippen LogP contribution in [0.15, 0.2) is 53.6 Å². The van der Waals surface area contributed by atoms with Crippen LogP contribution in [0.1, 0.15) is 26.3 Å². The number of rotatable bonds is 9. The molecule has 0 saturated carbocycles. The number of carboxylic acid groups (broad SMARTS) is 1. The van der Waals surface area contributed by atoms with E-state index in [9.17, 15) is 19.8 Å². The minimum atomic E-state index is -1.26. The summed E-state index contributed by atoms with van der Waals surface area (Å²) in [5, 5.41) is 26.2. The molecule has 3 N–H and O–H groups in total. The number of aliphatic hydroxyl groups is 1. The van der Waals surface area contributed by atoms with Crippen molar-refractivity contribution in [3.05, 3.63) is 75.7 Å². The number of amides is 1. The molecule has 2 aromatic carbocycles. The summed E-state index contributed by atoms with van der Waals surface area (Å²) in [6.07, 6.45) is -1.99. The van der Waals surface area contributed by atoms with E-state index in [1.807, 2.05) is 12.1 Å². The molecule has 1 heterocycles. The molecular weight excluding hydrogens is 432 g/mol. The zero-order valence-electron chi connectivity index (χ0n) is 17.8. The Balaban J connectivity index is 1.61. The first-order valence-corrected chi connectivity index (χ1v) is 10.1. The van der Waals surface area contributed by atoms with Gasteiger partial charge < -0.3 is 29.7 Å². The van der Waals surface area contributed by atoms with Crippen LogP contribution in [-0.4, -0.2) is 66.7 Å². The van der Waals surface area contributed by atoms with Gasteiger partial charge in [-0.3, -0.25) is 4.79 Å². The van der Waals surface area contributed by atoms with Crippen molar-refractivity contribution in [1.29, 1.82) is 0 Å². The maximum absolute atomic E-state index is 12.6. The lowest BCUT2D eigenvalue weighted by molar-refractivity contribution is -0.108. The minimum Gasteiger partial charge on any atom is -0.497 e. The van der Waals surface area contributed by atoms with Gasteiger partial charge in [0.05, 0.1) is 62.3 Å². The fraction of sp³-hybridized carbons (Fsp3) is 0.364. The van der Waals surface area contributed by atoms with E-state index < -0.39 is 36.2 Å². The fourth-order valence-electron chi connectivity index (χ4n) is 3.49. The lowest BCUT2D eigenvalue weighted by Gasteiger charge is -2.38. The third-order valence-corrected chi connectivity index (χ3v) is 5.25. The van der Waals surface area contributed by atoms with E-state index in [1.54, 1.807) is 19.2 Å². The first-order chi connectivity index (χ1) is 15.9. The molecule has 1 saturated heterocycles. The second-order valence-electron chi connectivity index (χ2n) is 7.35. The zero-order chi connectivity index (χ0) is 23.8. The molecule has 0 radical (unpaired) electrons. The van der Waals surface area contributed by atoms with Crippen molar-refractivity contribution in [3.63, 3.8) is 0 Å². The summed E-state index contributed by atoms with van der Waals surface area (Å²) >= 11 is 0. The Labute approximate surface area is 189 Å². The van der Waals surface area contributed by atoms with Gasteiger partial charge in [0.15, 0.2) is 0 Å². The van der Waals surface area contributed by atoms with Gasteiger partial charge in [-0.15, -0.1) is 0 Å². The number of azide groups is 1. The molecule has 0 aliphatic carbocycles. The van der Waals surface area contributed by atoms with Gasteiger partial charge in [-0.05, 0) is 35.4 Å². The predicted molar refractivity (Wildman–Crippen MR) is 116 cm³/mol. The van der Waals surface area contributed by atoms with Gasteiger partial charge in [0.25, 0.3) is 5.91 Å². The molecule has 1 aliphatic rings. The Morgan fingerprint density at radius 2 is 1.91 bits per heavy atom. The van der Waals surface area contributed by atoms with Gasteiger partial charge in [0.1, 0.15) is 5.75 Å². The molecule has 1 amide bonds. The van der Waals surface area contributed by atoms with E-state index in [2.05, 4.69) is 15.3 Å². The summed E-state index contributed by atoms with van der Waals surface area (Å²) in [4.78, 5) is 26.8. The highest BCUT2D eigenvalue weighted by Gasteiger charge is 2.40. The maximum atomic E-state index is 12.6. The number of hydrogen-bond donors (Lipinski definition) is 3. The van der Waals surface area contributed by atoms with E-state index in [0.717, 1.165) is 11.3 Å². The average Bonchev–Trinajstić information content (AvgIpc) is 2.83. The molecule has 2 unspecified atom stereocenters. The van der Waals surface area contributed by atoms with Crippen LogP contribution in [0.25, 0.3) is 10.4 Å². The van der Waals surface area contributed by atoms with Crippen LogP contribution in [0.4, 0.5) is 0 Å². The maximum Gasteiger partial charge on any atom is 0.336 e. The summed E-state index contributed by atoms with van der Waals surface area (Å²) in [5.41, 5.74) is 9.61. The lowest BCUT2D eigenvalue weighted by Crippen LogP contribution is -2.59. The van der Waals surface area contributed by atoms with E-state index in [1.165, 1.54) is 24.3 Å². The van der Waals surface area contributed by atoms with Gasteiger partial charge in [0.2, 0.25) is 0 Å². The Morgan fingerprint density at radius 3 is 2.55 bits per heavy atom. The number of carboxylic acids is 1. The molecule has 0 aromatic heterocycles. The summed E-state index contributed by atoms with van der Waals surface area (Å²) < 4.78 is 16.5.